The highest BCUT2D eigenvalue weighted by molar-refractivity contribution is 5.95. The lowest BCUT2D eigenvalue weighted by molar-refractivity contribution is -0.141. The van der Waals surface area contributed by atoms with Gasteiger partial charge in [-0.25, -0.2) is 0 Å². The number of aromatic nitrogens is 2. The highest BCUT2D eigenvalue weighted by Crippen LogP contribution is 2.17. The Labute approximate surface area is 136 Å². The number of carbonyl (C=O) groups is 2. The minimum Gasteiger partial charge on any atom is -0.481 e. The summed E-state index contributed by atoms with van der Waals surface area (Å²) in [6.45, 7) is 8.17. The van der Waals surface area contributed by atoms with Crippen LogP contribution in [0.2, 0.25) is 0 Å². The summed E-state index contributed by atoms with van der Waals surface area (Å²) in [6, 6.07) is 0. The summed E-state index contributed by atoms with van der Waals surface area (Å²) in [5.74, 6) is -0.551. The average Bonchev–Trinajstić information content (AvgIpc) is 2.87. The van der Waals surface area contributed by atoms with E-state index in [0.29, 0.717) is 31.2 Å². The molecule has 1 unspecified atom stereocenters. The molecule has 2 heterocycles. The van der Waals surface area contributed by atoms with Gasteiger partial charge in [0.15, 0.2) is 0 Å². The molecule has 7 heteroatoms. The van der Waals surface area contributed by atoms with Gasteiger partial charge in [0, 0.05) is 19.6 Å². The van der Waals surface area contributed by atoms with Gasteiger partial charge in [-0.2, -0.15) is 5.10 Å². The van der Waals surface area contributed by atoms with Crippen LogP contribution in [-0.2, 0) is 22.5 Å². The van der Waals surface area contributed by atoms with Crippen molar-refractivity contribution >= 4 is 11.9 Å². The Bertz CT molecular complexity index is 568. The first-order valence-corrected chi connectivity index (χ1v) is 8.09. The van der Waals surface area contributed by atoms with Gasteiger partial charge in [-0.15, -0.1) is 0 Å². The van der Waals surface area contributed by atoms with E-state index in [4.69, 9.17) is 9.84 Å². The molecule has 1 aromatic heterocycles. The van der Waals surface area contributed by atoms with Crippen molar-refractivity contribution in [1.82, 2.24) is 14.7 Å². The molecule has 128 valence electrons. The molecule has 0 saturated carbocycles. The Kier molecular flexibility index (Phi) is 5.76. The van der Waals surface area contributed by atoms with Gasteiger partial charge in [-0.3, -0.25) is 14.3 Å². The normalized spacial score (nSPS) is 18.4. The molecule has 1 N–H and O–H groups in total. The molecule has 0 radical (unpaired) electrons. The van der Waals surface area contributed by atoms with E-state index in [-0.39, 0.29) is 12.3 Å². The first-order valence-electron chi connectivity index (χ1n) is 8.09. The Morgan fingerprint density at radius 1 is 1.48 bits per heavy atom. The number of carboxylic acid groups (broad SMARTS) is 1. The quantitative estimate of drug-likeness (QED) is 0.856. The third-order valence-electron chi connectivity index (χ3n) is 3.88. The maximum Gasteiger partial charge on any atom is 0.306 e. The largest absolute Gasteiger partial charge is 0.481 e. The molecule has 1 saturated heterocycles. The Morgan fingerprint density at radius 2 is 2.22 bits per heavy atom. The van der Waals surface area contributed by atoms with Crippen molar-refractivity contribution in [3.05, 3.63) is 17.5 Å². The zero-order valence-corrected chi connectivity index (χ0v) is 14.0. The topological polar surface area (TPSA) is 84.7 Å². The van der Waals surface area contributed by atoms with Crippen LogP contribution >= 0.6 is 0 Å². The van der Waals surface area contributed by atoms with E-state index < -0.39 is 12.1 Å². The SMILES string of the molecule is CCc1c(C(=O)N2CCOC(CC(=O)O)C2)cnn1CC(C)C. The molecule has 0 aliphatic carbocycles. The molecule has 1 aliphatic rings. The molecule has 23 heavy (non-hydrogen) atoms. The summed E-state index contributed by atoms with van der Waals surface area (Å²) in [4.78, 5) is 25.3. The van der Waals surface area contributed by atoms with Gasteiger partial charge in [-0.1, -0.05) is 20.8 Å². The minimum absolute atomic E-state index is 0.0863. The highest BCUT2D eigenvalue weighted by Gasteiger charge is 2.28. The summed E-state index contributed by atoms with van der Waals surface area (Å²) in [6.07, 6.45) is 1.83. The maximum absolute atomic E-state index is 12.8. The average molecular weight is 323 g/mol. The number of rotatable bonds is 6. The Balaban J connectivity index is 2.13. The third-order valence-corrected chi connectivity index (χ3v) is 3.88. The molecule has 2 rings (SSSR count). The fourth-order valence-corrected chi connectivity index (χ4v) is 2.86. The highest BCUT2D eigenvalue weighted by atomic mass is 16.5. The van der Waals surface area contributed by atoms with Crippen molar-refractivity contribution < 1.29 is 19.4 Å². The van der Waals surface area contributed by atoms with Gasteiger partial charge in [0.25, 0.3) is 5.91 Å². The van der Waals surface area contributed by atoms with Crippen LogP contribution in [0.15, 0.2) is 6.20 Å². The molecule has 0 spiro atoms. The maximum atomic E-state index is 12.8. The van der Waals surface area contributed by atoms with Crippen LogP contribution in [0.5, 0.6) is 0 Å². The molecule has 7 nitrogen and oxygen atoms in total. The first-order chi connectivity index (χ1) is 10.9. The second kappa shape index (κ2) is 7.59. The van der Waals surface area contributed by atoms with E-state index in [1.54, 1.807) is 11.1 Å². The zero-order chi connectivity index (χ0) is 17.0. The van der Waals surface area contributed by atoms with E-state index in [1.807, 2.05) is 11.6 Å². The van der Waals surface area contributed by atoms with Gasteiger partial charge in [-0.05, 0) is 12.3 Å². The van der Waals surface area contributed by atoms with E-state index in [1.165, 1.54) is 0 Å². The summed E-state index contributed by atoms with van der Waals surface area (Å²) in [5, 5.41) is 13.2. The minimum atomic E-state index is -0.914. The monoisotopic (exact) mass is 323 g/mol. The number of morpholine rings is 1. The van der Waals surface area contributed by atoms with Crippen LogP contribution in [-0.4, -0.2) is 57.5 Å². The standard InChI is InChI=1S/C16H25N3O4/c1-4-14-13(8-17-19(14)9-11(2)3)16(22)18-5-6-23-12(10-18)7-15(20)21/h8,11-12H,4-7,9-10H2,1-3H3,(H,20,21). The fourth-order valence-electron chi connectivity index (χ4n) is 2.86. The van der Waals surface area contributed by atoms with Gasteiger partial charge in [0.2, 0.25) is 0 Å². The predicted octanol–water partition coefficient (Wildman–Crippen LogP) is 1.42. The summed E-state index contributed by atoms with van der Waals surface area (Å²) >= 11 is 0. The number of carboxylic acids is 1. The third kappa shape index (κ3) is 4.31. The number of hydrogen-bond acceptors (Lipinski definition) is 4. The first kappa shape index (κ1) is 17.5. The molecule has 1 fully saturated rings. The number of hydrogen-bond donors (Lipinski definition) is 1. The molecular weight excluding hydrogens is 298 g/mol. The summed E-state index contributed by atoms with van der Waals surface area (Å²) in [5.41, 5.74) is 1.55. The van der Waals surface area contributed by atoms with Crippen LogP contribution in [0.3, 0.4) is 0 Å². The van der Waals surface area contributed by atoms with Crippen molar-refractivity contribution in [2.45, 2.75) is 46.3 Å². The van der Waals surface area contributed by atoms with Crippen LogP contribution in [0.1, 0.15) is 43.2 Å². The van der Waals surface area contributed by atoms with Gasteiger partial charge in [0.1, 0.15) is 0 Å². The van der Waals surface area contributed by atoms with Crippen LogP contribution in [0.4, 0.5) is 0 Å². The lowest BCUT2D eigenvalue weighted by Crippen LogP contribution is -2.46. The second-order valence-corrected chi connectivity index (χ2v) is 6.28. The fraction of sp³-hybridized carbons (Fsp3) is 0.688. The van der Waals surface area contributed by atoms with E-state index in [0.717, 1.165) is 18.7 Å². The van der Waals surface area contributed by atoms with Crippen molar-refractivity contribution in [1.29, 1.82) is 0 Å². The van der Waals surface area contributed by atoms with Gasteiger partial charge >= 0.3 is 5.97 Å². The molecule has 0 bridgehead atoms. The Hall–Kier alpha value is -1.89. The second-order valence-electron chi connectivity index (χ2n) is 6.28. The number of amides is 1. The predicted molar refractivity (Wildman–Crippen MR) is 84.3 cm³/mol. The molecule has 1 amide bonds. The zero-order valence-electron chi connectivity index (χ0n) is 14.0. The molecular formula is C16H25N3O4. The van der Waals surface area contributed by atoms with Gasteiger partial charge < -0.3 is 14.7 Å². The molecule has 1 atom stereocenters. The number of aliphatic carboxylic acids is 1. The number of carbonyl (C=O) groups excluding carboxylic acids is 1. The molecule has 0 aromatic carbocycles. The summed E-state index contributed by atoms with van der Waals surface area (Å²) < 4.78 is 7.32. The molecule has 1 aromatic rings. The number of nitrogens with zero attached hydrogens (tertiary/aromatic N) is 3. The number of ether oxygens (including phenoxy) is 1. The van der Waals surface area contributed by atoms with Crippen LogP contribution in [0.25, 0.3) is 0 Å². The van der Waals surface area contributed by atoms with Gasteiger partial charge in [0.05, 0.1) is 36.6 Å². The smallest absolute Gasteiger partial charge is 0.306 e. The summed E-state index contributed by atoms with van der Waals surface area (Å²) in [7, 11) is 0. The molecule has 1 aliphatic heterocycles. The van der Waals surface area contributed by atoms with E-state index >= 15 is 0 Å². The van der Waals surface area contributed by atoms with E-state index in [9.17, 15) is 9.59 Å². The van der Waals surface area contributed by atoms with Crippen molar-refractivity contribution in [3.8, 4) is 0 Å². The van der Waals surface area contributed by atoms with Crippen molar-refractivity contribution in [3.63, 3.8) is 0 Å². The van der Waals surface area contributed by atoms with E-state index in [2.05, 4.69) is 18.9 Å². The lowest BCUT2D eigenvalue weighted by atomic mass is 10.1. The lowest BCUT2D eigenvalue weighted by Gasteiger charge is -2.32. The van der Waals surface area contributed by atoms with Crippen molar-refractivity contribution in [2.24, 2.45) is 5.92 Å². The van der Waals surface area contributed by atoms with Crippen molar-refractivity contribution in [2.75, 3.05) is 19.7 Å². The Morgan fingerprint density at radius 3 is 2.83 bits per heavy atom. The van der Waals surface area contributed by atoms with Crippen LogP contribution < -0.4 is 0 Å². The van der Waals surface area contributed by atoms with Crippen LogP contribution in [0, 0.1) is 5.92 Å².